The van der Waals surface area contributed by atoms with Crippen molar-refractivity contribution in [2.45, 2.75) is 26.1 Å². The van der Waals surface area contributed by atoms with Gasteiger partial charge in [0.1, 0.15) is 5.67 Å². The molecule has 0 bridgehead atoms. The number of alkyl halides is 1. The first-order valence-corrected chi connectivity index (χ1v) is 3.81. The molecule has 0 aliphatic rings. The van der Waals surface area contributed by atoms with Gasteiger partial charge in [0.05, 0.1) is 6.54 Å². The molecule has 1 aromatic heterocycles. The number of nitrogens with zero attached hydrogens (tertiary/aromatic N) is 1. The van der Waals surface area contributed by atoms with Crippen LogP contribution in [0.5, 0.6) is 0 Å². The highest BCUT2D eigenvalue weighted by molar-refractivity contribution is 5.74. The van der Waals surface area contributed by atoms with Gasteiger partial charge in [-0.05, 0) is 19.9 Å². The van der Waals surface area contributed by atoms with Gasteiger partial charge in [0.25, 0.3) is 0 Å². The van der Waals surface area contributed by atoms with Crippen LogP contribution in [0.1, 0.15) is 24.2 Å². The molecule has 0 aromatic carbocycles. The molecule has 1 heterocycles. The molecule has 0 aliphatic carbocycles. The maximum absolute atomic E-state index is 13.1. The van der Waals surface area contributed by atoms with E-state index in [0.29, 0.717) is 5.56 Å². The Hall–Kier alpha value is -1.12. The van der Waals surface area contributed by atoms with E-state index < -0.39 is 5.67 Å². The zero-order chi connectivity index (χ0) is 9.19. The fourth-order valence-corrected chi connectivity index (χ4v) is 1.06. The van der Waals surface area contributed by atoms with Crippen LogP contribution in [0, 0.1) is 0 Å². The summed E-state index contributed by atoms with van der Waals surface area (Å²) in [6.07, 6.45) is 4.08. The molecule has 2 nitrogen and oxygen atoms in total. The first kappa shape index (κ1) is 8.97. The lowest BCUT2D eigenvalue weighted by Crippen LogP contribution is -2.19. The largest absolute Gasteiger partial charge is 0.350 e. The third-order valence-electron chi connectivity index (χ3n) is 1.47. The van der Waals surface area contributed by atoms with E-state index in [1.54, 1.807) is 23.0 Å². The van der Waals surface area contributed by atoms with Crippen LogP contribution in [0.15, 0.2) is 18.5 Å². The van der Waals surface area contributed by atoms with Crippen LogP contribution in [-0.4, -0.2) is 16.5 Å². The molecule has 0 saturated carbocycles. The molecule has 0 fully saturated rings. The zero-order valence-electron chi connectivity index (χ0n) is 7.25. The highest BCUT2D eigenvalue weighted by Crippen LogP contribution is 2.12. The van der Waals surface area contributed by atoms with Gasteiger partial charge >= 0.3 is 0 Å². The summed E-state index contributed by atoms with van der Waals surface area (Å²) in [5.74, 6) is 0. The lowest BCUT2D eigenvalue weighted by molar-refractivity contribution is 0.112. The smallest absolute Gasteiger partial charge is 0.151 e. The first-order valence-electron chi connectivity index (χ1n) is 3.81. The van der Waals surface area contributed by atoms with E-state index in [1.165, 1.54) is 13.8 Å². The van der Waals surface area contributed by atoms with Crippen LogP contribution in [0.4, 0.5) is 4.39 Å². The van der Waals surface area contributed by atoms with Crippen molar-refractivity contribution in [3.8, 4) is 0 Å². The number of carbonyl (C=O) groups is 1. The lowest BCUT2D eigenvalue weighted by Gasteiger charge is -2.14. The summed E-state index contributed by atoms with van der Waals surface area (Å²) in [5.41, 5.74) is -0.654. The molecule has 3 heteroatoms. The molecule has 66 valence electrons. The van der Waals surface area contributed by atoms with Crippen LogP contribution in [-0.2, 0) is 6.54 Å². The second kappa shape index (κ2) is 3.09. The molecule has 0 radical (unpaired) electrons. The van der Waals surface area contributed by atoms with Crippen LogP contribution < -0.4 is 0 Å². The van der Waals surface area contributed by atoms with E-state index >= 15 is 0 Å². The van der Waals surface area contributed by atoms with Crippen LogP contribution in [0.2, 0.25) is 0 Å². The van der Waals surface area contributed by atoms with E-state index in [2.05, 4.69) is 0 Å². The molecule has 0 N–H and O–H groups in total. The van der Waals surface area contributed by atoms with Crippen molar-refractivity contribution in [1.82, 2.24) is 4.57 Å². The maximum atomic E-state index is 13.1. The van der Waals surface area contributed by atoms with Crippen molar-refractivity contribution < 1.29 is 9.18 Å². The highest BCUT2D eigenvalue weighted by atomic mass is 19.1. The minimum atomic E-state index is -1.24. The van der Waals surface area contributed by atoms with Gasteiger partial charge in [-0.3, -0.25) is 4.79 Å². The number of carbonyl (C=O) groups excluding carboxylic acids is 1. The van der Waals surface area contributed by atoms with Gasteiger partial charge in [0, 0.05) is 18.0 Å². The summed E-state index contributed by atoms with van der Waals surface area (Å²) < 4.78 is 14.7. The Bertz CT molecular complexity index is 272. The summed E-state index contributed by atoms with van der Waals surface area (Å²) in [4.78, 5) is 10.3. The monoisotopic (exact) mass is 169 g/mol. The molecule has 0 unspecified atom stereocenters. The van der Waals surface area contributed by atoms with Crippen molar-refractivity contribution in [2.75, 3.05) is 0 Å². The summed E-state index contributed by atoms with van der Waals surface area (Å²) in [6, 6.07) is 1.67. The van der Waals surface area contributed by atoms with Crippen LogP contribution in [0.3, 0.4) is 0 Å². The molecule has 0 saturated heterocycles. The minimum absolute atomic E-state index is 0.279. The predicted octanol–water partition coefficient (Wildman–Crippen LogP) is 2.05. The van der Waals surface area contributed by atoms with Gasteiger partial charge in [0.2, 0.25) is 0 Å². The highest BCUT2D eigenvalue weighted by Gasteiger charge is 2.15. The second-order valence-electron chi connectivity index (χ2n) is 3.45. The molecule has 12 heavy (non-hydrogen) atoms. The number of halogens is 1. The molecule has 1 aromatic rings. The summed E-state index contributed by atoms with van der Waals surface area (Å²) in [5, 5.41) is 0. The second-order valence-corrected chi connectivity index (χ2v) is 3.45. The van der Waals surface area contributed by atoms with Gasteiger partial charge in [-0.1, -0.05) is 0 Å². The number of aldehydes is 1. The van der Waals surface area contributed by atoms with Crippen molar-refractivity contribution in [3.05, 3.63) is 24.0 Å². The average molecular weight is 169 g/mol. The topological polar surface area (TPSA) is 22.0 Å². The molecule has 0 aliphatic heterocycles. The van der Waals surface area contributed by atoms with Crippen molar-refractivity contribution >= 4 is 6.29 Å². The van der Waals surface area contributed by atoms with Crippen LogP contribution >= 0.6 is 0 Å². The quantitative estimate of drug-likeness (QED) is 0.635. The normalized spacial score (nSPS) is 11.6. The van der Waals surface area contributed by atoms with Gasteiger partial charge < -0.3 is 4.57 Å². The Morgan fingerprint density at radius 2 is 2.33 bits per heavy atom. The van der Waals surface area contributed by atoms with Crippen molar-refractivity contribution in [1.29, 1.82) is 0 Å². The summed E-state index contributed by atoms with van der Waals surface area (Å²) in [7, 11) is 0. The fraction of sp³-hybridized carbons (Fsp3) is 0.444. The number of aromatic nitrogens is 1. The van der Waals surface area contributed by atoms with Gasteiger partial charge in [0.15, 0.2) is 6.29 Å². The van der Waals surface area contributed by atoms with Crippen molar-refractivity contribution in [3.63, 3.8) is 0 Å². The van der Waals surface area contributed by atoms with E-state index in [9.17, 15) is 9.18 Å². The number of hydrogen-bond donors (Lipinski definition) is 0. The SMILES string of the molecule is CC(C)(F)Cn1ccc(C=O)c1. The minimum Gasteiger partial charge on any atom is -0.350 e. The molecule has 0 spiro atoms. The van der Waals surface area contributed by atoms with E-state index in [1.807, 2.05) is 0 Å². The Morgan fingerprint density at radius 3 is 2.75 bits per heavy atom. The molecular formula is C9H12FNO. The third-order valence-corrected chi connectivity index (χ3v) is 1.47. The fourth-order valence-electron chi connectivity index (χ4n) is 1.06. The summed E-state index contributed by atoms with van der Waals surface area (Å²) in [6.45, 7) is 3.29. The van der Waals surface area contributed by atoms with E-state index in [4.69, 9.17) is 0 Å². The van der Waals surface area contributed by atoms with E-state index in [0.717, 1.165) is 6.29 Å². The van der Waals surface area contributed by atoms with Gasteiger partial charge in [-0.25, -0.2) is 4.39 Å². The van der Waals surface area contributed by atoms with Crippen molar-refractivity contribution in [2.24, 2.45) is 0 Å². The Labute approximate surface area is 71.0 Å². The van der Waals surface area contributed by atoms with E-state index in [-0.39, 0.29) is 6.54 Å². The Morgan fingerprint density at radius 1 is 1.67 bits per heavy atom. The zero-order valence-corrected chi connectivity index (χ0v) is 7.25. The average Bonchev–Trinajstić information content (AvgIpc) is 2.32. The number of rotatable bonds is 3. The molecule has 0 atom stereocenters. The molecule has 1 rings (SSSR count). The maximum Gasteiger partial charge on any atom is 0.151 e. The summed E-state index contributed by atoms with van der Waals surface area (Å²) >= 11 is 0. The number of hydrogen-bond acceptors (Lipinski definition) is 1. The van der Waals surface area contributed by atoms with Gasteiger partial charge in [-0.15, -0.1) is 0 Å². The van der Waals surface area contributed by atoms with Crippen LogP contribution in [0.25, 0.3) is 0 Å². The lowest BCUT2D eigenvalue weighted by atomic mass is 10.2. The molecular weight excluding hydrogens is 157 g/mol. The van der Waals surface area contributed by atoms with Gasteiger partial charge in [-0.2, -0.15) is 0 Å². The Kier molecular flexibility index (Phi) is 2.31. The molecule has 0 amide bonds. The standard InChI is InChI=1S/C9H12FNO/c1-9(2,10)7-11-4-3-8(5-11)6-12/h3-6H,7H2,1-2H3. The Balaban J connectivity index is 2.70. The predicted molar refractivity (Wildman–Crippen MR) is 45.0 cm³/mol. The third kappa shape index (κ3) is 2.49. The first-order chi connectivity index (χ1) is 5.51.